The van der Waals surface area contributed by atoms with Crippen LogP contribution in [-0.2, 0) is 20.9 Å². The lowest BCUT2D eigenvalue weighted by molar-refractivity contribution is -0.193. The fourth-order valence-electron chi connectivity index (χ4n) is 4.27. The molecule has 3 fully saturated rings. The lowest BCUT2D eigenvalue weighted by Crippen LogP contribution is -2.50. The normalized spacial score (nSPS) is 24.7. The zero-order valence-corrected chi connectivity index (χ0v) is 20.5. The molecule has 0 amide bonds. The Kier molecular flexibility index (Phi) is 10.5. The first-order valence-electron chi connectivity index (χ1n) is 11.1. The first-order valence-corrected chi connectivity index (χ1v) is 12.0. The van der Waals surface area contributed by atoms with Crippen LogP contribution in [0.3, 0.4) is 0 Å². The van der Waals surface area contributed by atoms with Gasteiger partial charge < -0.3 is 19.8 Å². The number of aromatic nitrogens is 1. The summed E-state index contributed by atoms with van der Waals surface area (Å²) in [4.78, 5) is 27.8. The van der Waals surface area contributed by atoms with E-state index in [9.17, 15) is 26.3 Å². The Morgan fingerprint density at radius 2 is 1.64 bits per heavy atom. The van der Waals surface area contributed by atoms with Crippen LogP contribution in [0.15, 0.2) is 5.38 Å². The number of fused-ring (bicyclic) bond motifs is 1. The monoisotopic (exact) mass is 549 g/mol. The van der Waals surface area contributed by atoms with Gasteiger partial charge >= 0.3 is 24.3 Å². The molecule has 1 saturated carbocycles. The van der Waals surface area contributed by atoms with Crippen LogP contribution in [-0.4, -0.2) is 94.7 Å². The average Bonchev–Trinajstić information content (AvgIpc) is 3.31. The molecule has 4 rings (SSSR count). The molecule has 206 valence electrons. The van der Waals surface area contributed by atoms with Crippen molar-refractivity contribution in [2.45, 2.75) is 57.2 Å². The van der Waals surface area contributed by atoms with Crippen molar-refractivity contribution >= 4 is 23.3 Å². The fourth-order valence-corrected chi connectivity index (χ4v) is 5.07. The Morgan fingerprint density at radius 1 is 1.08 bits per heavy atom. The van der Waals surface area contributed by atoms with Gasteiger partial charge in [0.15, 0.2) is 0 Å². The maximum absolute atomic E-state index is 10.6. The van der Waals surface area contributed by atoms with Crippen LogP contribution in [0.2, 0.25) is 0 Å². The zero-order chi connectivity index (χ0) is 27.3. The van der Waals surface area contributed by atoms with E-state index in [1.54, 1.807) is 0 Å². The van der Waals surface area contributed by atoms with Crippen molar-refractivity contribution in [2.75, 3.05) is 33.3 Å². The number of ether oxygens (including phenoxy) is 1. The first-order chi connectivity index (χ1) is 16.6. The highest BCUT2D eigenvalue weighted by Gasteiger charge is 2.45. The Hall–Kier alpha value is -1.97. The van der Waals surface area contributed by atoms with Crippen molar-refractivity contribution < 1.29 is 50.9 Å². The minimum Gasteiger partial charge on any atom is -0.475 e. The lowest BCUT2D eigenvalue weighted by atomic mass is 9.89. The quantitative estimate of drug-likeness (QED) is 0.537. The third kappa shape index (κ3) is 9.48. The van der Waals surface area contributed by atoms with Gasteiger partial charge in [-0.2, -0.15) is 26.3 Å². The molecule has 0 unspecified atom stereocenters. The summed E-state index contributed by atoms with van der Waals surface area (Å²) in [6.45, 7) is 8.03. The number of alkyl halides is 6. The number of aliphatic carboxylic acids is 2. The van der Waals surface area contributed by atoms with E-state index in [1.807, 2.05) is 18.4 Å². The van der Waals surface area contributed by atoms with Crippen LogP contribution in [0.1, 0.15) is 30.0 Å². The standard InChI is InChI=1S/C17H27N3OS.2C2HF3O2/c1-12-11-22-17(18-12)10-20-6-5-16(21-2)14-8-19(9-15(14)20)7-13-3-4-13;2*3-2(4,5)1(6)7/h11,13-16H,3-10H2,1-2H3;2*(H,6,7)/t14-,15+,16+;;/m0../s1. The molecule has 0 aromatic carbocycles. The summed E-state index contributed by atoms with van der Waals surface area (Å²) >= 11 is 1.81. The average molecular weight is 550 g/mol. The Balaban J connectivity index is 0.000000271. The van der Waals surface area contributed by atoms with E-state index >= 15 is 0 Å². The number of rotatable bonds is 5. The number of carbonyl (C=O) groups is 2. The lowest BCUT2D eigenvalue weighted by Gasteiger charge is -2.40. The van der Waals surface area contributed by atoms with E-state index in [0.717, 1.165) is 24.7 Å². The van der Waals surface area contributed by atoms with Gasteiger partial charge in [-0.15, -0.1) is 11.3 Å². The third-order valence-corrected chi connectivity index (χ3v) is 7.01. The van der Waals surface area contributed by atoms with Crippen molar-refractivity contribution in [3.8, 4) is 0 Å². The van der Waals surface area contributed by atoms with E-state index in [1.165, 1.54) is 43.9 Å². The van der Waals surface area contributed by atoms with E-state index in [0.29, 0.717) is 18.1 Å². The molecule has 0 radical (unpaired) electrons. The van der Waals surface area contributed by atoms with Crippen molar-refractivity contribution in [1.29, 1.82) is 0 Å². The summed E-state index contributed by atoms with van der Waals surface area (Å²) in [5, 5.41) is 17.7. The van der Waals surface area contributed by atoms with Gasteiger partial charge in [0.2, 0.25) is 0 Å². The van der Waals surface area contributed by atoms with Crippen molar-refractivity contribution in [3.05, 3.63) is 16.1 Å². The number of methoxy groups -OCH3 is 1. The number of halogens is 6. The zero-order valence-electron chi connectivity index (χ0n) is 19.7. The SMILES string of the molecule is CO[C@@H]1CCN(Cc2nc(C)cs2)[C@@H]2CN(CC3CC3)C[C@@H]21.O=C(O)C(F)(F)F.O=C(O)C(F)(F)F. The molecule has 1 aromatic heterocycles. The molecule has 1 aliphatic carbocycles. The Bertz CT molecular complexity index is 853. The van der Waals surface area contributed by atoms with Crippen molar-refractivity contribution in [3.63, 3.8) is 0 Å². The summed E-state index contributed by atoms with van der Waals surface area (Å²) in [5.41, 5.74) is 1.16. The molecular formula is C21H29F6N3O5S. The number of thiazole rings is 1. The van der Waals surface area contributed by atoms with Crippen LogP contribution < -0.4 is 0 Å². The summed E-state index contributed by atoms with van der Waals surface area (Å²) < 4.78 is 69.3. The number of hydrogen-bond donors (Lipinski definition) is 2. The second-order valence-electron chi connectivity index (χ2n) is 8.91. The van der Waals surface area contributed by atoms with Crippen LogP contribution in [0.25, 0.3) is 0 Å². The van der Waals surface area contributed by atoms with Gasteiger partial charge in [0, 0.05) is 56.3 Å². The fraction of sp³-hybridized carbons (Fsp3) is 0.762. The van der Waals surface area contributed by atoms with Gasteiger partial charge in [-0.1, -0.05) is 0 Å². The van der Waals surface area contributed by atoms with Gasteiger partial charge in [-0.25, -0.2) is 14.6 Å². The van der Waals surface area contributed by atoms with Gasteiger partial charge in [0.05, 0.1) is 12.6 Å². The molecule has 15 heteroatoms. The summed E-state index contributed by atoms with van der Waals surface area (Å²) in [6, 6.07) is 0.654. The van der Waals surface area contributed by atoms with Gasteiger partial charge in [-0.3, -0.25) is 4.90 Å². The maximum atomic E-state index is 10.6. The molecule has 3 heterocycles. The molecule has 8 nitrogen and oxygen atoms in total. The minimum absolute atomic E-state index is 0.448. The summed E-state index contributed by atoms with van der Waals surface area (Å²) in [5.74, 6) is -3.85. The number of carboxylic acids is 2. The predicted molar refractivity (Wildman–Crippen MR) is 116 cm³/mol. The van der Waals surface area contributed by atoms with E-state index < -0.39 is 24.3 Å². The van der Waals surface area contributed by atoms with Crippen LogP contribution in [0, 0.1) is 18.8 Å². The topological polar surface area (TPSA) is 103 Å². The van der Waals surface area contributed by atoms with E-state index in [2.05, 4.69) is 27.1 Å². The van der Waals surface area contributed by atoms with Crippen LogP contribution in [0.5, 0.6) is 0 Å². The molecule has 36 heavy (non-hydrogen) atoms. The van der Waals surface area contributed by atoms with E-state index in [4.69, 9.17) is 24.5 Å². The second kappa shape index (κ2) is 12.5. The Morgan fingerprint density at radius 3 is 2.06 bits per heavy atom. The number of aryl methyl sites for hydroxylation is 1. The summed E-state index contributed by atoms with van der Waals surface area (Å²) in [7, 11) is 1.89. The highest BCUT2D eigenvalue weighted by Crippen LogP contribution is 2.37. The summed E-state index contributed by atoms with van der Waals surface area (Å²) in [6.07, 6.45) is -5.66. The Labute approximate surface area is 207 Å². The van der Waals surface area contributed by atoms with Crippen molar-refractivity contribution in [1.82, 2.24) is 14.8 Å². The molecule has 2 aliphatic heterocycles. The number of hydrogen-bond acceptors (Lipinski definition) is 7. The minimum atomic E-state index is -5.08. The maximum Gasteiger partial charge on any atom is 0.490 e. The molecule has 1 aromatic rings. The molecule has 2 N–H and O–H groups in total. The molecule has 3 atom stereocenters. The molecule has 0 bridgehead atoms. The number of nitrogens with zero attached hydrogens (tertiary/aromatic N) is 3. The van der Waals surface area contributed by atoms with Crippen molar-refractivity contribution in [2.24, 2.45) is 11.8 Å². The molecule has 3 aliphatic rings. The third-order valence-electron chi connectivity index (χ3n) is 6.06. The largest absolute Gasteiger partial charge is 0.490 e. The van der Waals surface area contributed by atoms with Gasteiger partial charge in [-0.05, 0) is 32.1 Å². The number of likely N-dealkylation sites (tertiary alicyclic amines) is 2. The number of carboxylic acid groups (broad SMARTS) is 2. The van der Waals surface area contributed by atoms with Crippen LogP contribution >= 0.6 is 11.3 Å². The highest BCUT2D eigenvalue weighted by atomic mass is 32.1. The first kappa shape index (κ1) is 30.3. The number of piperidine rings is 1. The highest BCUT2D eigenvalue weighted by molar-refractivity contribution is 7.09. The second-order valence-corrected chi connectivity index (χ2v) is 9.86. The molecule has 0 spiro atoms. The van der Waals surface area contributed by atoms with Gasteiger partial charge in [0.25, 0.3) is 0 Å². The van der Waals surface area contributed by atoms with E-state index in [-0.39, 0.29) is 0 Å². The predicted octanol–water partition coefficient (Wildman–Crippen LogP) is 3.65. The smallest absolute Gasteiger partial charge is 0.475 e. The molecular weight excluding hydrogens is 520 g/mol. The molecule has 2 saturated heterocycles. The van der Waals surface area contributed by atoms with Gasteiger partial charge in [0.1, 0.15) is 5.01 Å². The van der Waals surface area contributed by atoms with Crippen LogP contribution in [0.4, 0.5) is 26.3 Å².